The van der Waals surface area contributed by atoms with Gasteiger partial charge >= 0.3 is 0 Å². The highest BCUT2D eigenvalue weighted by Crippen LogP contribution is 2.14. The van der Waals surface area contributed by atoms with E-state index >= 15 is 0 Å². The summed E-state index contributed by atoms with van der Waals surface area (Å²) in [5.41, 5.74) is 0. The van der Waals surface area contributed by atoms with Gasteiger partial charge in [-0.1, -0.05) is 33.6 Å². The van der Waals surface area contributed by atoms with Gasteiger partial charge in [-0.3, -0.25) is 4.90 Å². The molecule has 0 radical (unpaired) electrons. The number of morpholine rings is 1. The fourth-order valence-electron chi connectivity index (χ4n) is 2.44. The van der Waals surface area contributed by atoms with Crippen molar-refractivity contribution < 1.29 is 4.74 Å². The predicted molar refractivity (Wildman–Crippen MR) is 73.4 cm³/mol. The summed E-state index contributed by atoms with van der Waals surface area (Å²) < 4.78 is 5.61. The topological polar surface area (TPSA) is 24.5 Å². The van der Waals surface area contributed by atoms with Gasteiger partial charge in [0, 0.05) is 25.7 Å². The van der Waals surface area contributed by atoms with E-state index < -0.39 is 0 Å². The van der Waals surface area contributed by atoms with Crippen LogP contribution in [0.1, 0.15) is 40.0 Å². The van der Waals surface area contributed by atoms with Gasteiger partial charge in [-0.05, 0) is 18.9 Å². The van der Waals surface area contributed by atoms with Gasteiger partial charge in [0.05, 0.1) is 13.2 Å². The van der Waals surface area contributed by atoms with E-state index in [9.17, 15) is 0 Å². The highest BCUT2D eigenvalue weighted by atomic mass is 16.5. The Balaban J connectivity index is 2.36. The van der Waals surface area contributed by atoms with Crippen LogP contribution in [0, 0.1) is 5.92 Å². The van der Waals surface area contributed by atoms with Gasteiger partial charge in [-0.15, -0.1) is 0 Å². The number of rotatable bonds is 8. The zero-order chi connectivity index (χ0) is 12.5. The fraction of sp³-hybridized carbons (Fsp3) is 1.00. The maximum Gasteiger partial charge on any atom is 0.0634 e. The molecule has 1 unspecified atom stereocenters. The summed E-state index contributed by atoms with van der Waals surface area (Å²) >= 11 is 0. The molecule has 102 valence electrons. The van der Waals surface area contributed by atoms with Crippen LogP contribution >= 0.6 is 0 Å². The first kappa shape index (κ1) is 14.9. The second-order valence-corrected chi connectivity index (χ2v) is 5.11. The smallest absolute Gasteiger partial charge is 0.0634 e. The molecule has 1 saturated heterocycles. The van der Waals surface area contributed by atoms with E-state index in [0.29, 0.717) is 6.04 Å². The van der Waals surface area contributed by atoms with Crippen LogP contribution in [0.2, 0.25) is 0 Å². The SMILES string of the molecule is CCCNCC1COCCN1CC(CC)CC. The molecule has 1 atom stereocenters. The molecule has 0 aromatic rings. The van der Waals surface area contributed by atoms with Gasteiger partial charge in [0.25, 0.3) is 0 Å². The summed E-state index contributed by atoms with van der Waals surface area (Å²) in [7, 11) is 0. The molecule has 1 heterocycles. The molecule has 1 fully saturated rings. The van der Waals surface area contributed by atoms with E-state index in [0.717, 1.165) is 38.8 Å². The fourth-order valence-corrected chi connectivity index (χ4v) is 2.44. The molecule has 1 N–H and O–H groups in total. The molecule has 17 heavy (non-hydrogen) atoms. The first-order chi connectivity index (χ1) is 8.31. The van der Waals surface area contributed by atoms with Crippen molar-refractivity contribution >= 4 is 0 Å². The van der Waals surface area contributed by atoms with Crippen LogP contribution in [0.4, 0.5) is 0 Å². The standard InChI is InChI=1S/C14H30N2O/c1-4-7-15-10-14-12-17-9-8-16(14)11-13(5-2)6-3/h13-15H,4-12H2,1-3H3. The van der Waals surface area contributed by atoms with Crippen molar-refractivity contribution in [3.8, 4) is 0 Å². The maximum absolute atomic E-state index is 5.61. The molecule has 0 spiro atoms. The van der Waals surface area contributed by atoms with E-state index in [1.54, 1.807) is 0 Å². The summed E-state index contributed by atoms with van der Waals surface area (Å²) in [6.07, 6.45) is 3.80. The Kier molecular flexibility index (Phi) is 7.82. The van der Waals surface area contributed by atoms with Crippen LogP contribution in [0.5, 0.6) is 0 Å². The maximum atomic E-state index is 5.61. The van der Waals surface area contributed by atoms with Gasteiger partial charge in [0.2, 0.25) is 0 Å². The van der Waals surface area contributed by atoms with Gasteiger partial charge < -0.3 is 10.1 Å². The monoisotopic (exact) mass is 242 g/mol. The third-order valence-electron chi connectivity index (χ3n) is 3.80. The molecule has 1 aliphatic heterocycles. The molecule has 1 rings (SSSR count). The van der Waals surface area contributed by atoms with Crippen LogP contribution in [-0.2, 0) is 4.74 Å². The van der Waals surface area contributed by atoms with Crippen molar-refractivity contribution in [3.05, 3.63) is 0 Å². The van der Waals surface area contributed by atoms with E-state index in [-0.39, 0.29) is 0 Å². The Morgan fingerprint density at radius 2 is 2.06 bits per heavy atom. The second kappa shape index (κ2) is 8.90. The van der Waals surface area contributed by atoms with Crippen LogP contribution < -0.4 is 5.32 Å². The van der Waals surface area contributed by atoms with Crippen molar-refractivity contribution in [2.45, 2.75) is 46.1 Å². The zero-order valence-corrected chi connectivity index (χ0v) is 11.9. The number of ether oxygens (including phenoxy) is 1. The number of hydrogen-bond donors (Lipinski definition) is 1. The Hall–Kier alpha value is -0.120. The summed E-state index contributed by atoms with van der Waals surface area (Å²) in [5, 5.41) is 3.52. The van der Waals surface area contributed by atoms with Gasteiger partial charge in [0.1, 0.15) is 0 Å². The molecule has 0 saturated carbocycles. The van der Waals surface area contributed by atoms with Gasteiger partial charge in [-0.25, -0.2) is 0 Å². The largest absolute Gasteiger partial charge is 0.378 e. The minimum atomic E-state index is 0.580. The summed E-state index contributed by atoms with van der Waals surface area (Å²) in [4.78, 5) is 2.63. The van der Waals surface area contributed by atoms with Crippen LogP contribution in [0.3, 0.4) is 0 Å². The summed E-state index contributed by atoms with van der Waals surface area (Å²) in [6, 6.07) is 0.580. The highest BCUT2D eigenvalue weighted by Gasteiger charge is 2.24. The Bertz CT molecular complexity index is 183. The summed E-state index contributed by atoms with van der Waals surface area (Å²) in [5.74, 6) is 0.849. The molecule has 0 aliphatic carbocycles. The van der Waals surface area contributed by atoms with Gasteiger partial charge in [-0.2, -0.15) is 0 Å². The number of nitrogens with one attached hydrogen (secondary N) is 1. The predicted octanol–water partition coefficient (Wildman–Crippen LogP) is 2.12. The first-order valence-electron chi connectivity index (χ1n) is 7.34. The molecule has 1 aliphatic rings. The minimum absolute atomic E-state index is 0.580. The van der Waals surface area contributed by atoms with Crippen LogP contribution in [0.15, 0.2) is 0 Å². The zero-order valence-electron chi connectivity index (χ0n) is 11.9. The van der Waals surface area contributed by atoms with Crippen molar-refractivity contribution in [3.63, 3.8) is 0 Å². The van der Waals surface area contributed by atoms with E-state index in [4.69, 9.17) is 4.74 Å². The lowest BCUT2D eigenvalue weighted by Crippen LogP contribution is -2.51. The normalized spacial score (nSPS) is 22.2. The lowest BCUT2D eigenvalue weighted by atomic mass is 10.0. The molecule has 3 heteroatoms. The van der Waals surface area contributed by atoms with Crippen molar-refractivity contribution in [1.29, 1.82) is 0 Å². The number of hydrogen-bond acceptors (Lipinski definition) is 3. The Labute approximate surface area is 107 Å². The Morgan fingerprint density at radius 1 is 1.29 bits per heavy atom. The average Bonchev–Trinajstić information content (AvgIpc) is 2.38. The van der Waals surface area contributed by atoms with E-state index in [1.807, 2.05) is 0 Å². The quantitative estimate of drug-likeness (QED) is 0.660. The lowest BCUT2D eigenvalue weighted by molar-refractivity contribution is -0.0140. The van der Waals surface area contributed by atoms with Crippen molar-refractivity contribution in [2.75, 3.05) is 39.4 Å². The molecule has 3 nitrogen and oxygen atoms in total. The average molecular weight is 242 g/mol. The van der Waals surface area contributed by atoms with Crippen molar-refractivity contribution in [2.24, 2.45) is 5.92 Å². The molecule has 0 aromatic carbocycles. The molecular weight excluding hydrogens is 212 g/mol. The van der Waals surface area contributed by atoms with E-state index in [2.05, 4.69) is 31.0 Å². The molecule has 0 aromatic heterocycles. The van der Waals surface area contributed by atoms with Crippen LogP contribution in [0.25, 0.3) is 0 Å². The summed E-state index contributed by atoms with van der Waals surface area (Å²) in [6.45, 7) is 13.2. The second-order valence-electron chi connectivity index (χ2n) is 5.11. The van der Waals surface area contributed by atoms with E-state index in [1.165, 1.54) is 25.8 Å². The third kappa shape index (κ3) is 5.36. The number of nitrogens with zero attached hydrogens (tertiary/aromatic N) is 1. The third-order valence-corrected chi connectivity index (χ3v) is 3.80. The van der Waals surface area contributed by atoms with Gasteiger partial charge in [0.15, 0.2) is 0 Å². The minimum Gasteiger partial charge on any atom is -0.378 e. The molecule has 0 bridgehead atoms. The van der Waals surface area contributed by atoms with Crippen LogP contribution in [-0.4, -0.2) is 50.3 Å². The first-order valence-corrected chi connectivity index (χ1v) is 7.34. The lowest BCUT2D eigenvalue weighted by Gasteiger charge is -2.37. The van der Waals surface area contributed by atoms with Crippen molar-refractivity contribution in [1.82, 2.24) is 10.2 Å². The Morgan fingerprint density at radius 3 is 2.71 bits per heavy atom. The highest BCUT2D eigenvalue weighted by molar-refractivity contribution is 4.79. The molecule has 0 amide bonds. The molecular formula is C14H30N2O.